The van der Waals surface area contributed by atoms with Gasteiger partial charge in [-0.25, -0.2) is 0 Å². The number of carbonyl (C=O) groups excluding carboxylic acids is 3. The number of carbonyl (C=O) groups is 3. The smallest absolute Gasteiger partial charge is 0.418 e. The van der Waals surface area contributed by atoms with Gasteiger partial charge in [0.25, 0.3) is 5.56 Å². The van der Waals surface area contributed by atoms with Crippen molar-refractivity contribution < 1.29 is 37.0 Å². The maximum atomic E-state index is 14.3. The summed E-state index contributed by atoms with van der Waals surface area (Å²) in [5.41, 5.74) is 8.41. The van der Waals surface area contributed by atoms with Crippen LogP contribution in [0, 0.1) is 5.92 Å². The molecule has 3 aromatic carbocycles. The molecule has 0 radical (unpaired) electrons. The lowest BCUT2D eigenvalue weighted by molar-refractivity contribution is -0.137. The van der Waals surface area contributed by atoms with Crippen molar-refractivity contribution in [1.29, 1.82) is 0 Å². The minimum Gasteiger partial charge on any atom is -0.496 e. The van der Waals surface area contributed by atoms with E-state index < -0.39 is 29.6 Å². The van der Waals surface area contributed by atoms with E-state index >= 15 is 0 Å². The topological polar surface area (TPSA) is 160 Å². The Bertz CT molecular complexity index is 2270. The molecule has 7 rings (SSSR count). The zero-order chi connectivity index (χ0) is 42.0. The molecule has 1 aromatic heterocycles. The molecule has 4 heterocycles. The van der Waals surface area contributed by atoms with Crippen LogP contribution in [0.25, 0.3) is 21.9 Å². The maximum absolute atomic E-state index is 14.3. The summed E-state index contributed by atoms with van der Waals surface area (Å²) in [6.07, 6.45) is 0.0852. The molecule has 16 heteroatoms. The number of alkyl halides is 3. The molecular weight excluding hydrogens is 768 g/mol. The fraction of sp³-hybridized carbons (Fsp3) is 0.442. The highest BCUT2D eigenvalue weighted by Gasteiger charge is 2.37. The van der Waals surface area contributed by atoms with Crippen molar-refractivity contribution in [2.75, 3.05) is 44.1 Å². The van der Waals surface area contributed by atoms with Crippen LogP contribution < -0.4 is 41.6 Å². The van der Waals surface area contributed by atoms with Crippen molar-refractivity contribution in [3.63, 3.8) is 0 Å². The molecule has 3 saturated heterocycles. The van der Waals surface area contributed by atoms with E-state index in [0.717, 1.165) is 41.0 Å². The molecule has 59 heavy (non-hydrogen) atoms. The second-order valence-electron chi connectivity index (χ2n) is 15.7. The first-order valence-electron chi connectivity index (χ1n) is 19.9. The van der Waals surface area contributed by atoms with Crippen LogP contribution >= 0.6 is 0 Å². The van der Waals surface area contributed by atoms with Gasteiger partial charge in [-0.3, -0.25) is 29.4 Å². The van der Waals surface area contributed by atoms with Gasteiger partial charge in [-0.1, -0.05) is 18.2 Å². The molecule has 3 aliphatic heterocycles. The van der Waals surface area contributed by atoms with E-state index in [4.69, 9.17) is 15.2 Å². The molecule has 0 bridgehead atoms. The summed E-state index contributed by atoms with van der Waals surface area (Å²) in [6.45, 7) is 1.50. The summed E-state index contributed by atoms with van der Waals surface area (Å²) in [4.78, 5) is 53.6. The van der Waals surface area contributed by atoms with Crippen molar-refractivity contribution >= 4 is 39.9 Å². The Labute approximate surface area is 340 Å². The Morgan fingerprint density at radius 3 is 2.29 bits per heavy atom. The van der Waals surface area contributed by atoms with Crippen LogP contribution in [0.1, 0.15) is 56.1 Å². The number of likely N-dealkylation sites (tertiary alicyclic amines) is 1. The van der Waals surface area contributed by atoms with Gasteiger partial charge >= 0.3 is 6.18 Å². The van der Waals surface area contributed by atoms with Crippen LogP contribution in [0.4, 0.5) is 24.5 Å². The average Bonchev–Trinajstić information content (AvgIpc) is 3.57. The third-order valence-corrected chi connectivity index (χ3v) is 11.9. The Morgan fingerprint density at radius 2 is 1.63 bits per heavy atom. The van der Waals surface area contributed by atoms with E-state index in [1.165, 1.54) is 12.1 Å². The number of fused-ring (bicyclic) bond motifs is 1. The first kappa shape index (κ1) is 41.5. The minimum atomic E-state index is -4.63. The number of nitrogens with two attached hydrogens (primary N) is 1. The Hall–Kier alpha value is -5.61. The molecule has 0 spiro atoms. The SMILES string of the molecule is COc1cc(-c2cn(C)c(=O)c3ccccc23)cc(OC)c1CN1C(N)CCC1CNC(=O)CC1CCN(c2ccc(NC3CCC(=O)NC3=O)cc2C(F)(F)F)CC1. The van der Waals surface area contributed by atoms with Crippen LogP contribution in [0.2, 0.25) is 0 Å². The van der Waals surface area contributed by atoms with Crippen molar-refractivity contribution in [1.82, 2.24) is 20.1 Å². The Balaban J connectivity index is 0.965. The number of halogens is 3. The van der Waals surface area contributed by atoms with Gasteiger partial charge in [0.2, 0.25) is 17.7 Å². The molecule has 314 valence electrons. The number of nitrogens with zero attached hydrogens (tertiary/aromatic N) is 3. The van der Waals surface area contributed by atoms with Gasteiger partial charge in [-0.05, 0) is 85.4 Å². The second kappa shape index (κ2) is 17.3. The number of amides is 3. The van der Waals surface area contributed by atoms with Gasteiger partial charge in [0, 0.05) is 80.6 Å². The third kappa shape index (κ3) is 9.03. The number of nitrogens with one attached hydrogen (secondary N) is 3. The van der Waals surface area contributed by atoms with Crippen molar-refractivity contribution in [3.05, 3.63) is 82.3 Å². The van der Waals surface area contributed by atoms with E-state index in [-0.39, 0.29) is 60.2 Å². The van der Waals surface area contributed by atoms with Crippen molar-refractivity contribution in [2.45, 2.75) is 75.9 Å². The molecule has 3 amide bonds. The van der Waals surface area contributed by atoms with Gasteiger partial charge in [0.15, 0.2) is 0 Å². The number of ether oxygens (including phenoxy) is 2. The number of anilines is 2. The molecule has 3 aliphatic rings. The van der Waals surface area contributed by atoms with E-state index in [1.54, 1.807) is 30.7 Å². The summed E-state index contributed by atoms with van der Waals surface area (Å²) in [5.74, 6) is 0.129. The summed E-state index contributed by atoms with van der Waals surface area (Å²) in [7, 11) is 4.92. The summed E-state index contributed by atoms with van der Waals surface area (Å²) in [5, 5.41) is 9.57. The zero-order valence-corrected chi connectivity index (χ0v) is 33.4. The standard InChI is InChI=1S/C43H50F3N7O6/c1-51-23-31(29-6-4-5-7-30(29)42(51)57)26-19-36(58-2)32(37(20-26)59-3)24-53-28(9-12-38(53)47)22-48-40(55)18-25-14-16-52(17-15-25)35-11-8-27(21-33(35)43(44,45)46)49-34-10-13-39(54)50-41(34)56/h4-8,11,19-21,23,25,28,34,38,49H,9-10,12-18,22,24,47H2,1-3H3,(H,48,55)(H,50,54,56). The Morgan fingerprint density at radius 1 is 0.932 bits per heavy atom. The molecular formula is C43H50F3N7O6. The molecule has 3 unspecified atom stereocenters. The number of imide groups is 1. The average molecular weight is 818 g/mol. The number of aryl methyl sites for hydroxylation is 1. The quantitative estimate of drug-likeness (QED) is 0.141. The molecule has 0 saturated carbocycles. The van der Waals surface area contributed by atoms with Crippen LogP contribution in [-0.2, 0) is 34.2 Å². The van der Waals surface area contributed by atoms with E-state index in [0.29, 0.717) is 55.9 Å². The van der Waals surface area contributed by atoms with Crippen LogP contribution in [0.15, 0.2) is 65.6 Å². The lowest BCUT2D eigenvalue weighted by Crippen LogP contribution is -2.47. The fourth-order valence-electron chi connectivity index (χ4n) is 8.66. The number of methoxy groups -OCH3 is 2. The van der Waals surface area contributed by atoms with Crippen LogP contribution in [0.5, 0.6) is 11.5 Å². The van der Waals surface area contributed by atoms with E-state index in [2.05, 4.69) is 20.9 Å². The highest BCUT2D eigenvalue weighted by atomic mass is 19.4. The summed E-state index contributed by atoms with van der Waals surface area (Å²) >= 11 is 0. The first-order chi connectivity index (χ1) is 28.2. The Kier molecular flexibility index (Phi) is 12.2. The third-order valence-electron chi connectivity index (χ3n) is 11.9. The fourth-order valence-corrected chi connectivity index (χ4v) is 8.66. The molecule has 4 aromatic rings. The minimum absolute atomic E-state index is 0.00665. The predicted octanol–water partition coefficient (Wildman–Crippen LogP) is 5.13. The summed E-state index contributed by atoms with van der Waals surface area (Å²) in [6, 6.07) is 14.4. The number of benzene rings is 3. The monoisotopic (exact) mass is 817 g/mol. The van der Waals surface area contributed by atoms with Crippen molar-refractivity contribution in [2.24, 2.45) is 18.7 Å². The molecule has 3 fully saturated rings. The molecule has 3 atom stereocenters. The molecule has 5 N–H and O–H groups in total. The van der Waals surface area contributed by atoms with Gasteiger partial charge in [-0.2, -0.15) is 13.2 Å². The predicted molar refractivity (Wildman–Crippen MR) is 218 cm³/mol. The number of hydrogen-bond donors (Lipinski definition) is 4. The summed E-state index contributed by atoms with van der Waals surface area (Å²) < 4.78 is 56.2. The van der Waals surface area contributed by atoms with Gasteiger partial charge in [-0.15, -0.1) is 0 Å². The molecule has 13 nitrogen and oxygen atoms in total. The number of piperidine rings is 2. The first-order valence-corrected chi connectivity index (χ1v) is 19.9. The largest absolute Gasteiger partial charge is 0.496 e. The van der Waals surface area contributed by atoms with Crippen molar-refractivity contribution in [3.8, 4) is 22.6 Å². The van der Waals surface area contributed by atoms with Gasteiger partial charge in [0.1, 0.15) is 17.5 Å². The number of rotatable bonds is 12. The van der Waals surface area contributed by atoms with E-state index in [9.17, 15) is 32.3 Å². The van der Waals surface area contributed by atoms with Crippen LogP contribution in [-0.4, -0.2) is 79.3 Å². The number of aromatic nitrogens is 1. The van der Waals surface area contributed by atoms with Gasteiger partial charge < -0.3 is 35.3 Å². The highest BCUT2D eigenvalue weighted by molar-refractivity contribution is 6.01. The second-order valence-corrected chi connectivity index (χ2v) is 15.7. The highest BCUT2D eigenvalue weighted by Crippen LogP contribution is 2.41. The lowest BCUT2D eigenvalue weighted by Gasteiger charge is -2.35. The number of pyridine rings is 1. The van der Waals surface area contributed by atoms with Crippen LogP contribution in [0.3, 0.4) is 0 Å². The zero-order valence-electron chi connectivity index (χ0n) is 33.4. The molecule has 0 aliphatic carbocycles. The lowest BCUT2D eigenvalue weighted by atomic mass is 9.92. The maximum Gasteiger partial charge on any atom is 0.418 e. The number of hydrogen-bond acceptors (Lipinski definition) is 10. The van der Waals surface area contributed by atoms with E-state index in [1.807, 2.05) is 42.6 Å². The van der Waals surface area contributed by atoms with Gasteiger partial charge in [0.05, 0.1) is 31.5 Å². The normalized spacial score (nSPS) is 20.5.